The fourth-order valence-corrected chi connectivity index (χ4v) is 2.35. The van der Waals surface area contributed by atoms with Gasteiger partial charge in [-0.1, -0.05) is 27.7 Å². The maximum absolute atomic E-state index is 12.1. The third kappa shape index (κ3) is 8.60. The van der Waals surface area contributed by atoms with Gasteiger partial charge in [0.05, 0.1) is 13.2 Å². The van der Waals surface area contributed by atoms with Crippen LogP contribution in [-0.4, -0.2) is 37.0 Å². The van der Waals surface area contributed by atoms with Gasteiger partial charge in [-0.05, 0) is 62.5 Å². The van der Waals surface area contributed by atoms with E-state index in [1.807, 2.05) is 24.3 Å². The van der Waals surface area contributed by atoms with Crippen LogP contribution in [0.3, 0.4) is 0 Å². The number of ether oxygens (including phenoxy) is 1. The fourth-order valence-electron chi connectivity index (χ4n) is 2.35. The van der Waals surface area contributed by atoms with Crippen LogP contribution in [0.15, 0.2) is 24.3 Å². The molecule has 0 atom stereocenters. The molecule has 1 aromatic carbocycles. The quantitative estimate of drug-likeness (QED) is 0.665. The molecule has 0 heterocycles. The van der Waals surface area contributed by atoms with Crippen molar-refractivity contribution in [1.29, 1.82) is 0 Å². The molecular formula is C19H32N2O2. The van der Waals surface area contributed by atoms with Crippen molar-refractivity contribution in [3.05, 3.63) is 24.3 Å². The van der Waals surface area contributed by atoms with Gasteiger partial charge >= 0.3 is 0 Å². The second kappa shape index (κ2) is 11.1. The van der Waals surface area contributed by atoms with Crippen molar-refractivity contribution < 1.29 is 9.53 Å². The van der Waals surface area contributed by atoms with E-state index in [-0.39, 0.29) is 5.91 Å². The SMILES string of the molecule is CCCN(CCC)CC(=O)Nc1ccc(OCCC(C)C)cc1. The van der Waals surface area contributed by atoms with E-state index in [4.69, 9.17) is 4.74 Å². The first-order valence-electron chi connectivity index (χ1n) is 8.80. The molecule has 0 radical (unpaired) electrons. The lowest BCUT2D eigenvalue weighted by atomic mass is 10.1. The highest BCUT2D eigenvalue weighted by Gasteiger charge is 2.09. The average molecular weight is 320 g/mol. The Labute approximate surface area is 141 Å². The van der Waals surface area contributed by atoms with Crippen LogP contribution in [0.5, 0.6) is 5.75 Å². The Balaban J connectivity index is 2.42. The first-order chi connectivity index (χ1) is 11.0. The second-order valence-electron chi connectivity index (χ2n) is 6.38. The van der Waals surface area contributed by atoms with Crippen molar-refractivity contribution in [1.82, 2.24) is 4.90 Å². The molecule has 0 aromatic heterocycles. The minimum absolute atomic E-state index is 0.0420. The number of hydrogen-bond acceptors (Lipinski definition) is 3. The van der Waals surface area contributed by atoms with Gasteiger partial charge in [0.25, 0.3) is 0 Å². The number of anilines is 1. The van der Waals surface area contributed by atoms with Gasteiger partial charge in [-0.25, -0.2) is 0 Å². The largest absolute Gasteiger partial charge is 0.494 e. The normalized spacial score (nSPS) is 11.0. The Bertz CT molecular complexity index is 437. The number of hydrogen-bond donors (Lipinski definition) is 1. The Kier molecular flexibility index (Phi) is 9.37. The molecule has 0 aliphatic rings. The topological polar surface area (TPSA) is 41.6 Å². The molecule has 4 heteroatoms. The monoisotopic (exact) mass is 320 g/mol. The number of nitrogens with one attached hydrogen (secondary N) is 1. The Hall–Kier alpha value is -1.55. The molecule has 1 aromatic rings. The van der Waals surface area contributed by atoms with Crippen LogP contribution >= 0.6 is 0 Å². The molecule has 4 nitrogen and oxygen atoms in total. The van der Waals surface area contributed by atoms with E-state index < -0.39 is 0 Å². The molecule has 0 unspecified atom stereocenters. The van der Waals surface area contributed by atoms with E-state index in [1.165, 1.54) is 0 Å². The predicted molar refractivity (Wildman–Crippen MR) is 97.0 cm³/mol. The molecule has 0 saturated heterocycles. The minimum Gasteiger partial charge on any atom is -0.494 e. The molecule has 1 amide bonds. The first-order valence-corrected chi connectivity index (χ1v) is 8.80. The van der Waals surface area contributed by atoms with Gasteiger partial charge in [0.1, 0.15) is 5.75 Å². The average Bonchev–Trinajstić information content (AvgIpc) is 2.49. The van der Waals surface area contributed by atoms with Crippen molar-refractivity contribution in [2.75, 3.05) is 31.6 Å². The smallest absolute Gasteiger partial charge is 0.238 e. The van der Waals surface area contributed by atoms with Gasteiger partial charge in [0.15, 0.2) is 0 Å². The van der Waals surface area contributed by atoms with Crippen molar-refractivity contribution in [2.45, 2.75) is 47.0 Å². The van der Waals surface area contributed by atoms with Crippen LogP contribution in [0.4, 0.5) is 5.69 Å². The lowest BCUT2D eigenvalue weighted by Gasteiger charge is -2.20. The summed E-state index contributed by atoms with van der Waals surface area (Å²) in [6.45, 7) is 11.7. The summed E-state index contributed by atoms with van der Waals surface area (Å²) in [5.74, 6) is 1.53. The molecule has 0 spiro atoms. The summed E-state index contributed by atoms with van der Waals surface area (Å²) in [4.78, 5) is 14.3. The molecule has 1 rings (SSSR count). The first kappa shape index (κ1) is 19.5. The van der Waals surface area contributed by atoms with Gasteiger partial charge in [0.2, 0.25) is 5.91 Å². The lowest BCUT2D eigenvalue weighted by Crippen LogP contribution is -2.34. The summed E-state index contributed by atoms with van der Waals surface area (Å²) >= 11 is 0. The number of rotatable bonds is 11. The number of carbonyl (C=O) groups is 1. The molecule has 0 aliphatic heterocycles. The highest BCUT2D eigenvalue weighted by atomic mass is 16.5. The summed E-state index contributed by atoms with van der Waals surface area (Å²) in [5.41, 5.74) is 0.819. The number of nitrogens with zero attached hydrogens (tertiary/aromatic N) is 1. The molecule has 0 bridgehead atoms. The maximum atomic E-state index is 12.1. The summed E-state index contributed by atoms with van der Waals surface area (Å²) in [6, 6.07) is 7.61. The molecule has 23 heavy (non-hydrogen) atoms. The van der Waals surface area contributed by atoms with E-state index in [1.54, 1.807) is 0 Å². The van der Waals surface area contributed by atoms with Crippen molar-refractivity contribution >= 4 is 11.6 Å². The van der Waals surface area contributed by atoms with Crippen molar-refractivity contribution in [3.8, 4) is 5.75 Å². The maximum Gasteiger partial charge on any atom is 0.238 e. The van der Waals surface area contributed by atoms with E-state index in [0.29, 0.717) is 12.5 Å². The highest BCUT2D eigenvalue weighted by Crippen LogP contribution is 2.16. The van der Waals surface area contributed by atoms with Crippen LogP contribution in [-0.2, 0) is 4.79 Å². The van der Waals surface area contributed by atoms with Crippen LogP contribution in [0.1, 0.15) is 47.0 Å². The number of benzene rings is 1. The van der Waals surface area contributed by atoms with E-state index in [2.05, 4.69) is 37.9 Å². The summed E-state index contributed by atoms with van der Waals surface area (Å²) < 4.78 is 5.68. The van der Waals surface area contributed by atoms with Crippen LogP contribution in [0.2, 0.25) is 0 Å². The molecule has 0 saturated carbocycles. The molecule has 130 valence electrons. The second-order valence-corrected chi connectivity index (χ2v) is 6.38. The van der Waals surface area contributed by atoms with E-state index >= 15 is 0 Å². The third-order valence-corrected chi connectivity index (χ3v) is 3.55. The van der Waals surface area contributed by atoms with Gasteiger partial charge in [-0.15, -0.1) is 0 Å². The highest BCUT2D eigenvalue weighted by molar-refractivity contribution is 5.92. The Morgan fingerprint density at radius 1 is 1.13 bits per heavy atom. The zero-order chi connectivity index (χ0) is 17.1. The van der Waals surface area contributed by atoms with Crippen LogP contribution in [0, 0.1) is 5.92 Å². The van der Waals surface area contributed by atoms with Crippen molar-refractivity contribution in [3.63, 3.8) is 0 Å². The molecule has 0 aliphatic carbocycles. The molecule has 0 fully saturated rings. The fraction of sp³-hybridized carbons (Fsp3) is 0.632. The zero-order valence-corrected chi connectivity index (χ0v) is 15.1. The minimum atomic E-state index is 0.0420. The van der Waals surface area contributed by atoms with Gasteiger partial charge in [-0.2, -0.15) is 0 Å². The standard InChI is InChI=1S/C19H32N2O2/c1-5-12-21(13-6-2)15-19(22)20-17-7-9-18(10-8-17)23-14-11-16(3)4/h7-10,16H,5-6,11-15H2,1-4H3,(H,20,22). The molecular weight excluding hydrogens is 288 g/mol. The van der Waals surface area contributed by atoms with Crippen LogP contribution < -0.4 is 10.1 Å². The van der Waals surface area contributed by atoms with Gasteiger partial charge < -0.3 is 10.1 Å². The zero-order valence-electron chi connectivity index (χ0n) is 15.1. The summed E-state index contributed by atoms with van der Waals surface area (Å²) in [7, 11) is 0. The third-order valence-electron chi connectivity index (χ3n) is 3.55. The predicted octanol–water partition coefficient (Wildman–Crippen LogP) is 4.17. The number of amides is 1. The summed E-state index contributed by atoms with van der Waals surface area (Å²) in [5, 5.41) is 2.95. The Morgan fingerprint density at radius 3 is 2.26 bits per heavy atom. The van der Waals surface area contributed by atoms with Crippen LogP contribution in [0.25, 0.3) is 0 Å². The van der Waals surface area contributed by atoms with Gasteiger partial charge in [-0.3, -0.25) is 9.69 Å². The summed E-state index contributed by atoms with van der Waals surface area (Å²) in [6.07, 6.45) is 3.18. The van der Waals surface area contributed by atoms with Gasteiger partial charge in [0, 0.05) is 5.69 Å². The van der Waals surface area contributed by atoms with Crippen molar-refractivity contribution in [2.24, 2.45) is 5.92 Å². The number of carbonyl (C=O) groups excluding carboxylic acids is 1. The molecule has 1 N–H and O–H groups in total. The van der Waals surface area contributed by atoms with E-state index in [9.17, 15) is 4.79 Å². The lowest BCUT2D eigenvalue weighted by molar-refractivity contribution is -0.117. The van der Waals surface area contributed by atoms with E-state index in [0.717, 1.165) is 50.4 Å². The Morgan fingerprint density at radius 2 is 1.74 bits per heavy atom.